The van der Waals surface area contributed by atoms with Gasteiger partial charge < -0.3 is 5.11 Å². The summed E-state index contributed by atoms with van der Waals surface area (Å²) >= 11 is 3.34. The molecule has 5 heteroatoms. The van der Waals surface area contributed by atoms with Gasteiger partial charge in [0.25, 0.3) is 0 Å². The Morgan fingerprint density at radius 3 is 2.79 bits per heavy atom. The lowest BCUT2D eigenvalue weighted by molar-refractivity contribution is 0.0692. The maximum atomic E-state index is 11.3. The van der Waals surface area contributed by atoms with E-state index in [0.29, 0.717) is 16.7 Å². The highest BCUT2D eigenvalue weighted by Gasteiger charge is 2.13. The minimum Gasteiger partial charge on any atom is -0.476 e. The molecule has 0 fully saturated rings. The predicted molar refractivity (Wildman–Crippen MR) is 77.4 cm³/mol. The molecule has 1 aromatic carbocycles. The lowest BCUT2D eigenvalue weighted by Crippen LogP contribution is -2.07. The number of fused-ring (bicyclic) bond motifs is 1. The smallest absolute Gasteiger partial charge is 0.355 e. The first-order valence-electron chi connectivity index (χ1n) is 6.31. The van der Waals surface area contributed by atoms with Crippen LogP contribution in [-0.2, 0) is 6.42 Å². The van der Waals surface area contributed by atoms with E-state index in [1.807, 2.05) is 12.1 Å². The molecule has 0 aliphatic rings. The molecule has 0 amide bonds. The number of unbranched alkanes of at least 4 members (excludes halogenated alkanes) is 2. The van der Waals surface area contributed by atoms with Gasteiger partial charge in [-0.3, -0.25) is 0 Å². The van der Waals surface area contributed by atoms with E-state index in [-0.39, 0.29) is 5.69 Å². The van der Waals surface area contributed by atoms with Crippen LogP contribution in [-0.4, -0.2) is 21.0 Å². The van der Waals surface area contributed by atoms with E-state index in [1.165, 1.54) is 0 Å². The summed E-state index contributed by atoms with van der Waals surface area (Å²) < 4.78 is 0.824. The standard InChI is InChI=1S/C14H15BrN2O2/c1-2-3-4-5-12-16-11-7-6-9(15)8-10(11)13(17-12)14(18)19/h6-8H,2-5H2,1H3,(H,18,19). The number of hydrogen-bond donors (Lipinski definition) is 1. The minimum absolute atomic E-state index is 0.0813. The largest absolute Gasteiger partial charge is 0.476 e. The average molecular weight is 323 g/mol. The predicted octanol–water partition coefficient (Wildman–Crippen LogP) is 3.82. The number of carboxylic acid groups (broad SMARTS) is 1. The number of carboxylic acids is 1. The Hall–Kier alpha value is -1.49. The molecule has 0 spiro atoms. The van der Waals surface area contributed by atoms with Crippen LogP contribution < -0.4 is 0 Å². The van der Waals surface area contributed by atoms with Gasteiger partial charge >= 0.3 is 5.97 Å². The van der Waals surface area contributed by atoms with Gasteiger partial charge in [0, 0.05) is 16.3 Å². The molecular formula is C14H15BrN2O2. The Kier molecular flexibility index (Phi) is 4.47. The second-order valence-electron chi connectivity index (χ2n) is 4.41. The normalized spacial score (nSPS) is 10.8. The SMILES string of the molecule is CCCCCc1nc(C(=O)O)c2cc(Br)ccc2n1. The van der Waals surface area contributed by atoms with Crippen molar-refractivity contribution in [3.63, 3.8) is 0 Å². The highest BCUT2D eigenvalue weighted by Crippen LogP contribution is 2.21. The number of aromatic nitrogens is 2. The summed E-state index contributed by atoms with van der Waals surface area (Å²) in [5.74, 6) is -0.400. The highest BCUT2D eigenvalue weighted by molar-refractivity contribution is 9.10. The van der Waals surface area contributed by atoms with Crippen LogP contribution >= 0.6 is 15.9 Å². The second-order valence-corrected chi connectivity index (χ2v) is 5.33. The van der Waals surface area contributed by atoms with Gasteiger partial charge in [0.2, 0.25) is 0 Å². The molecule has 1 N–H and O–H groups in total. The average Bonchev–Trinajstić information content (AvgIpc) is 2.38. The van der Waals surface area contributed by atoms with Crippen molar-refractivity contribution >= 4 is 32.8 Å². The third-order valence-corrected chi connectivity index (χ3v) is 3.40. The lowest BCUT2D eigenvalue weighted by Gasteiger charge is -2.06. The fourth-order valence-corrected chi connectivity index (χ4v) is 2.32. The number of hydrogen-bond acceptors (Lipinski definition) is 3. The molecule has 0 radical (unpaired) electrons. The van der Waals surface area contributed by atoms with E-state index in [0.717, 1.165) is 30.2 Å². The summed E-state index contributed by atoms with van der Waals surface area (Å²) in [6.07, 6.45) is 3.92. The Labute approximate surface area is 120 Å². The highest BCUT2D eigenvalue weighted by atomic mass is 79.9. The van der Waals surface area contributed by atoms with Crippen LogP contribution in [0.1, 0.15) is 42.5 Å². The number of aromatic carboxylic acids is 1. The molecule has 19 heavy (non-hydrogen) atoms. The van der Waals surface area contributed by atoms with E-state index < -0.39 is 5.97 Å². The monoisotopic (exact) mass is 322 g/mol. The van der Waals surface area contributed by atoms with Crippen molar-refractivity contribution in [1.29, 1.82) is 0 Å². The molecule has 0 aliphatic carbocycles. The minimum atomic E-state index is -1.01. The van der Waals surface area contributed by atoms with E-state index >= 15 is 0 Å². The van der Waals surface area contributed by atoms with Gasteiger partial charge in [0.05, 0.1) is 5.52 Å². The Morgan fingerprint density at radius 1 is 1.32 bits per heavy atom. The number of halogens is 1. The fourth-order valence-electron chi connectivity index (χ4n) is 1.96. The van der Waals surface area contributed by atoms with Crippen LogP contribution in [0.4, 0.5) is 0 Å². The molecule has 2 aromatic rings. The second kappa shape index (κ2) is 6.10. The maximum Gasteiger partial charge on any atom is 0.355 e. The van der Waals surface area contributed by atoms with Crippen molar-refractivity contribution in [2.24, 2.45) is 0 Å². The molecular weight excluding hydrogens is 308 g/mol. The summed E-state index contributed by atoms with van der Waals surface area (Å²) in [6, 6.07) is 5.42. The van der Waals surface area contributed by atoms with E-state index in [1.54, 1.807) is 6.07 Å². The molecule has 0 unspecified atom stereocenters. The quantitative estimate of drug-likeness (QED) is 0.850. The molecule has 1 heterocycles. The molecule has 0 saturated heterocycles. The molecule has 0 aliphatic heterocycles. The molecule has 100 valence electrons. The Morgan fingerprint density at radius 2 is 2.11 bits per heavy atom. The van der Waals surface area contributed by atoms with Crippen molar-refractivity contribution in [3.8, 4) is 0 Å². The number of nitrogens with zero attached hydrogens (tertiary/aromatic N) is 2. The first-order valence-corrected chi connectivity index (χ1v) is 7.10. The maximum absolute atomic E-state index is 11.3. The Balaban J connectivity index is 2.46. The van der Waals surface area contributed by atoms with Gasteiger partial charge in [-0.1, -0.05) is 35.7 Å². The van der Waals surface area contributed by atoms with Gasteiger partial charge in [-0.25, -0.2) is 14.8 Å². The zero-order chi connectivity index (χ0) is 13.8. The molecule has 0 saturated carbocycles. The van der Waals surface area contributed by atoms with Crippen molar-refractivity contribution < 1.29 is 9.90 Å². The van der Waals surface area contributed by atoms with Crippen LogP contribution in [0, 0.1) is 0 Å². The summed E-state index contributed by atoms with van der Waals surface area (Å²) in [5.41, 5.74) is 0.764. The molecule has 1 aromatic heterocycles. The molecule has 4 nitrogen and oxygen atoms in total. The number of carbonyl (C=O) groups is 1. The van der Waals surface area contributed by atoms with Gasteiger partial charge in [-0.2, -0.15) is 0 Å². The van der Waals surface area contributed by atoms with E-state index in [4.69, 9.17) is 0 Å². The van der Waals surface area contributed by atoms with Gasteiger partial charge in [0.1, 0.15) is 5.82 Å². The van der Waals surface area contributed by atoms with Crippen LogP contribution in [0.2, 0.25) is 0 Å². The zero-order valence-electron chi connectivity index (χ0n) is 10.7. The topological polar surface area (TPSA) is 63.1 Å². The summed E-state index contributed by atoms with van der Waals surface area (Å²) in [5, 5.41) is 9.83. The van der Waals surface area contributed by atoms with E-state index in [9.17, 15) is 9.90 Å². The first-order chi connectivity index (χ1) is 9.11. The van der Waals surface area contributed by atoms with Crippen LogP contribution in [0.25, 0.3) is 10.9 Å². The number of aryl methyl sites for hydroxylation is 1. The third-order valence-electron chi connectivity index (χ3n) is 2.91. The molecule has 0 bridgehead atoms. The van der Waals surface area contributed by atoms with Gasteiger partial charge in [0.15, 0.2) is 5.69 Å². The van der Waals surface area contributed by atoms with Crippen molar-refractivity contribution in [2.75, 3.05) is 0 Å². The first kappa shape index (κ1) is 13.9. The fraction of sp³-hybridized carbons (Fsp3) is 0.357. The van der Waals surface area contributed by atoms with Crippen LogP contribution in [0.15, 0.2) is 22.7 Å². The summed E-state index contributed by atoms with van der Waals surface area (Å²) in [7, 11) is 0. The van der Waals surface area contributed by atoms with Crippen LogP contribution in [0.3, 0.4) is 0 Å². The summed E-state index contributed by atoms with van der Waals surface area (Å²) in [6.45, 7) is 2.13. The van der Waals surface area contributed by atoms with Crippen molar-refractivity contribution in [1.82, 2.24) is 9.97 Å². The van der Waals surface area contributed by atoms with Crippen molar-refractivity contribution in [3.05, 3.63) is 34.2 Å². The Bertz CT molecular complexity index is 614. The summed E-state index contributed by atoms with van der Waals surface area (Å²) in [4.78, 5) is 19.9. The molecule has 2 rings (SSSR count). The zero-order valence-corrected chi connectivity index (χ0v) is 12.3. The molecule has 0 atom stereocenters. The van der Waals surface area contributed by atoms with Gasteiger partial charge in [-0.05, 0) is 24.6 Å². The van der Waals surface area contributed by atoms with Crippen LogP contribution in [0.5, 0.6) is 0 Å². The number of benzene rings is 1. The van der Waals surface area contributed by atoms with Gasteiger partial charge in [-0.15, -0.1) is 0 Å². The van der Waals surface area contributed by atoms with E-state index in [2.05, 4.69) is 32.8 Å². The lowest BCUT2D eigenvalue weighted by atomic mass is 10.1. The van der Waals surface area contributed by atoms with Crippen molar-refractivity contribution in [2.45, 2.75) is 32.6 Å². The third kappa shape index (κ3) is 3.29. The number of rotatable bonds is 5.